The first-order valence-corrected chi connectivity index (χ1v) is 7.21. The third kappa shape index (κ3) is 9.47. The number of carboxylic acid groups (broad SMARTS) is 1. The molecule has 0 aromatic carbocycles. The summed E-state index contributed by atoms with van der Waals surface area (Å²) in [6, 6.07) is 0. The maximum absolute atomic E-state index is 11.6. The second-order valence-corrected chi connectivity index (χ2v) is 5.06. The van der Waals surface area contributed by atoms with Crippen molar-refractivity contribution in [1.82, 2.24) is 5.32 Å². The van der Waals surface area contributed by atoms with Crippen molar-refractivity contribution in [2.75, 3.05) is 13.1 Å². The molecule has 0 aromatic heterocycles. The molecule has 5 heteroatoms. The number of hydrogen-bond acceptors (Lipinski definition) is 3. The summed E-state index contributed by atoms with van der Waals surface area (Å²) in [7, 11) is 0. The normalized spacial score (nSPS) is 13.8. The van der Waals surface area contributed by atoms with Crippen LogP contribution in [0.25, 0.3) is 0 Å². The summed E-state index contributed by atoms with van der Waals surface area (Å²) in [5, 5.41) is 11.5. The van der Waals surface area contributed by atoms with Gasteiger partial charge in [0.1, 0.15) is 0 Å². The van der Waals surface area contributed by atoms with Crippen LogP contribution in [0.15, 0.2) is 0 Å². The number of carbonyl (C=O) groups excluding carboxylic acids is 1. The minimum Gasteiger partial charge on any atom is -0.481 e. The highest BCUT2D eigenvalue weighted by molar-refractivity contribution is 5.76. The van der Waals surface area contributed by atoms with Gasteiger partial charge in [0.2, 0.25) is 5.91 Å². The van der Waals surface area contributed by atoms with Gasteiger partial charge in [0, 0.05) is 19.4 Å². The molecule has 2 atom stereocenters. The molecular formula is C14H28N2O3. The molecule has 0 aromatic rings. The fourth-order valence-electron chi connectivity index (χ4n) is 2.02. The third-order valence-corrected chi connectivity index (χ3v) is 3.60. The Balaban J connectivity index is 3.80. The molecule has 19 heavy (non-hydrogen) atoms. The van der Waals surface area contributed by atoms with Crippen molar-refractivity contribution in [3.63, 3.8) is 0 Å². The minimum atomic E-state index is -0.754. The van der Waals surface area contributed by atoms with Gasteiger partial charge in [0.25, 0.3) is 0 Å². The average molecular weight is 272 g/mol. The van der Waals surface area contributed by atoms with E-state index in [1.807, 2.05) is 6.92 Å². The molecular weight excluding hydrogens is 244 g/mol. The number of hydrogen-bond donors (Lipinski definition) is 3. The molecule has 0 heterocycles. The van der Waals surface area contributed by atoms with Crippen molar-refractivity contribution in [3.05, 3.63) is 0 Å². The lowest BCUT2D eigenvalue weighted by Crippen LogP contribution is -2.29. The molecule has 0 rings (SSSR count). The Morgan fingerprint density at radius 2 is 1.79 bits per heavy atom. The fraction of sp³-hybridized carbons (Fsp3) is 0.857. The van der Waals surface area contributed by atoms with E-state index in [4.69, 9.17) is 10.8 Å². The van der Waals surface area contributed by atoms with E-state index < -0.39 is 5.97 Å². The van der Waals surface area contributed by atoms with Crippen molar-refractivity contribution in [3.8, 4) is 0 Å². The van der Waals surface area contributed by atoms with Crippen molar-refractivity contribution >= 4 is 11.9 Å². The third-order valence-electron chi connectivity index (χ3n) is 3.60. The Labute approximate surface area is 115 Å². The smallest absolute Gasteiger partial charge is 0.303 e. The van der Waals surface area contributed by atoms with Crippen LogP contribution in [0.3, 0.4) is 0 Å². The van der Waals surface area contributed by atoms with Gasteiger partial charge in [-0.25, -0.2) is 0 Å². The van der Waals surface area contributed by atoms with Gasteiger partial charge in [-0.1, -0.05) is 26.7 Å². The van der Waals surface area contributed by atoms with Gasteiger partial charge >= 0.3 is 5.97 Å². The van der Waals surface area contributed by atoms with Gasteiger partial charge in [-0.2, -0.15) is 0 Å². The highest BCUT2D eigenvalue weighted by Crippen LogP contribution is 2.14. The standard InChI is InChI=1S/C14H28N2O3/c1-3-11(5-6-14(18)19)7-8-16-13(17)9-12(4-2)10-15/h11-12H,3-10,15H2,1-2H3,(H,16,17)(H,18,19). The topological polar surface area (TPSA) is 92.4 Å². The van der Waals surface area contributed by atoms with Crippen LogP contribution < -0.4 is 11.1 Å². The number of nitrogens with one attached hydrogen (secondary N) is 1. The molecule has 0 saturated carbocycles. The minimum absolute atomic E-state index is 0.0467. The summed E-state index contributed by atoms with van der Waals surface area (Å²) in [6.07, 6.45) is 4.08. The molecule has 0 bridgehead atoms. The van der Waals surface area contributed by atoms with E-state index in [9.17, 15) is 9.59 Å². The zero-order valence-electron chi connectivity index (χ0n) is 12.2. The zero-order chi connectivity index (χ0) is 14.7. The maximum atomic E-state index is 11.6. The molecule has 0 aliphatic heterocycles. The lowest BCUT2D eigenvalue weighted by molar-refractivity contribution is -0.137. The summed E-state index contributed by atoms with van der Waals surface area (Å²) >= 11 is 0. The highest BCUT2D eigenvalue weighted by atomic mass is 16.4. The number of nitrogens with two attached hydrogens (primary N) is 1. The lowest BCUT2D eigenvalue weighted by Gasteiger charge is -2.15. The molecule has 4 N–H and O–H groups in total. The maximum Gasteiger partial charge on any atom is 0.303 e. The molecule has 2 unspecified atom stereocenters. The zero-order valence-corrected chi connectivity index (χ0v) is 12.2. The lowest BCUT2D eigenvalue weighted by atomic mass is 9.96. The van der Waals surface area contributed by atoms with E-state index in [1.165, 1.54) is 0 Å². The number of carboxylic acids is 1. The van der Waals surface area contributed by atoms with Gasteiger partial charge in [-0.15, -0.1) is 0 Å². The second kappa shape index (κ2) is 10.8. The predicted molar refractivity (Wildman–Crippen MR) is 75.7 cm³/mol. The first-order valence-electron chi connectivity index (χ1n) is 7.21. The van der Waals surface area contributed by atoms with Crippen LogP contribution in [0, 0.1) is 11.8 Å². The van der Waals surface area contributed by atoms with Gasteiger partial charge in [0.15, 0.2) is 0 Å². The summed E-state index contributed by atoms with van der Waals surface area (Å²) in [6.45, 7) is 5.25. The van der Waals surface area contributed by atoms with Gasteiger partial charge in [-0.3, -0.25) is 9.59 Å². The Bertz CT molecular complexity index is 265. The van der Waals surface area contributed by atoms with Crippen LogP contribution in [0.2, 0.25) is 0 Å². The first kappa shape index (κ1) is 17.9. The quantitative estimate of drug-likeness (QED) is 0.534. The van der Waals surface area contributed by atoms with E-state index in [0.717, 1.165) is 19.3 Å². The van der Waals surface area contributed by atoms with Crippen LogP contribution in [0.4, 0.5) is 0 Å². The van der Waals surface area contributed by atoms with Crippen molar-refractivity contribution < 1.29 is 14.7 Å². The largest absolute Gasteiger partial charge is 0.481 e. The monoisotopic (exact) mass is 272 g/mol. The molecule has 0 saturated heterocycles. The molecule has 0 spiro atoms. The highest BCUT2D eigenvalue weighted by Gasteiger charge is 2.12. The number of amides is 1. The van der Waals surface area contributed by atoms with Gasteiger partial charge < -0.3 is 16.2 Å². The Kier molecular flexibility index (Phi) is 10.2. The fourth-order valence-corrected chi connectivity index (χ4v) is 2.02. The van der Waals surface area contributed by atoms with Crippen LogP contribution in [0.1, 0.15) is 52.4 Å². The molecule has 112 valence electrons. The summed E-state index contributed by atoms with van der Waals surface area (Å²) in [5.74, 6) is -0.0801. The first-order chi connectivity index (χ1) is 9.03. The van der Waals surface area contributed by atoms with Crippen molar-refractivity contribution in [2.45, 2.75) is 52.4 Å². The molecule has 0 radical (unpaired) electrons. The number of aliphatic carboxylic acids is 1. The average Bonchev–Trinajstić information content (AvgIpc) is 2.39. The van der Waals surface area contributed by atoms with E-state index in [-0.39, 0.29) is 18.2 Å². The van der Waals surface area contributed by atoms with Crippen LogP contribution in [0.5, 0.6) is 0 Å². The van der Waals surface area contributed by atoms with Gasteiger partial charge in [-0.05, 0) is 31.2 Å². The molecule has 5 nitrogen and oxygen atoms in total. The molecule has 0 aliphatic rings. The number of rotatable bonds is 11. The molecule has 0 aliphatic carbocycles. The van der Waals surface area contributed by atoms with Crippen molar-refractivity contribution in [1.29, 1.82) is 0 Å². The van der Waals surface area contributed by atoms with E-state index >= 15 is 0 Å². The summed E-state index contributed by atoms with van der Waals surface area (Å²) in [4.78, 5) is 22.2. The van der Waals surface area contributed by atoms with Crippen molar-refractivity contribution in [2.24, 2.45) is 17.6 Å². The Hall–Kier alpha value is -1.10. The van der Waals surface area contributed by atoms with E-state index in [2.05, 4.69) is 12.2 Å². The van der Waals surface area contributed by atoms with E-state index in [1.54, 1.807) is 0 Å². The van der Waals surface area contributed by atoms with Crippen LogP contribution in [-0.2, 0) is 9.59 Å². The van der Waals surface area contributed by atoms with Crippen LogP contribution in [-0.4, -0.2) is 30.1 Å². The molecule has 0 fully saturated rings. The Morgan fingerprint density at radius 3 is 2.26 bits per heavy atom. The predicted octanol–water partition coefficient (Wildman–Crippen LogP) is 1.76. The SMILES string of the molecule is CCC(CCNC(=O)CC(CC)CN)CCC(=O)O. The summed E-state index contributed by atoms with van der Waals surface area (Å²) < 4.78 is 0. The van der Waals surface area contributed by atoms with Crippen LogP contribution >= 0.6 is 0 Å². The number of carbonyl (C=O) groups is 2. The molecule has 1 amide bonds. The van der Waals surface area contributed by atoms with E-state index in [0.29, 0.717) is 31.8 Å². The second-order valence-electron chi connectivity index (χ2n) is 5.06. The Morgan fingerprint density at radius 1 is 1.16 bits per heavy atom. The summed E-state index contributed by atoms with van der Waals surface area (Å²) in [5.41, 5.74) is 5.56. The van der Waals surface area contributed by atoms with Gasteiger partial charge in [0.05, 0.1) is 0 Å².